The van der Waals surface area contributed by atoms with Crippen LogP contribution in [0.1, 0.15) is 11.1 Å². The van der Waals surface area contributed by atoms with Crippen molar-refractivity contribution < 1.29 is 9.53 Å². The lowest BCUT2D eigenvalue weighted by molar-refractivity contribution is -0.115. The lowest BCUT2D eigenvalue weighted by atomic mass is 10.1. The largest absolute Gasteiger partial charge is 0.493 e. The second kappa shape index (κ2) is 5.93. The molecule has 2 aromatic carbocycles. The average molecular weight is 322 g/mol. The number of hydrogen-bond acceptors (Lipinski definition) is 4. The van der Waals surface area contributed by atoms with Crippen LogP contribution in [0, 0.1) is 0 Å². The number of aliphatic imine (C=N–C) groups is 1. The van der Waals surface area contributed by atoms with Crippen molar-refractivity contribution >= 4 is 34.6 Å². The Balaban J connectivity index is 1.58. The van der Waals surface area contributed by atoms with Crippen LogP contribution in [-0.4, -0.2) is 17.7 Å². The van der Waals surface area contributed by atoms with Gasteiger partial charge in [-0.15, -0.1) is 0 Å². The number of ether oxygens (including phenoxy) is 1. The predicted molar refractivity (Wildman–Crippen MR) is 92.9 cm³/mol. The molecule has 2 aliphatic rings. The van der Waals surface area contributed by atoms with Gasteiger partial charge in [0.2, 0.25) is 0 Å². The Kier molecular flexibility index (Phi) is 3.63. The number of hydrogen-bond donors (Lipinski definition) is 1. The van der Waals surface area contributed by atoms with Gasteiger partial charge < -0.3 is 10.1 Å². The van der Waals surface area contributed by atoms with Crippen molar-refractivity contribution in [1.29, 1.82) is 0 Å². The standard InChI is InChI=1S/C18H14N2O2S/c21-17-16(11-12-6-7-15-13(10-12)8-9-22-15)23-18(20-17)19-14-4-2-1-3-5-14/h1-7,10-11H,8-9H2,(H,19,20,21)/b16-11-. The van der Waals surface area contributed by atoms with Gasteiger partial charge in [-0.3, -0.25) is 4.79 Å². The fourth-order valence-corrected chi connectivity index (χ4v) is 3.39. The molecule has 0 atom stereocenters. The lowest BCUT2D eigenvalue weighted by Gasteiger charge is -2.00. The second-order valence-electron chi connectivity index (χ2n) is 5.28. The second-order valence-corrected chi connectivity index (χ2v) is 6.31. The van der Waals surface area contributed by atoms with E-state index < -0.39 is 0 Å². The molecule has 0 radical (unpaired) electrons. The molecule has 5 heteroatoms. The Morgan fingerprint density at radius 1 is 1.17 bits per heavy atom. The van der Waals surface area contributed by atoms with E-state index in [0.29, 0.717) is 10.1 Å². The molecule has 4 nitrogen and oxygen atoms in total. The minimum Gasteiger partial charge on any atom is -0.493 e. The highest BCUT2D eigenvalue weighted by molar-refractivity contribution is 8.18. The third-order valence-electron chi connectivity index (χ3n) is 3.65. The maximum atomic E-state index is 12.1. The number of amidine groups is 1. The van der Waals surface area contributed by atoms with Gasteiger partial charge in [-0.05, 0) is 53.2 Å². The molecule has 1 N–H and O–H groups in total. The Labute approximate surface area is 138 Å². The van der Waals surface area contributed by atoms with Gasteiger partial charge in [-0.2, -0.15) is 0 Å². The van der Waals surface area contributed by atoms with E-state index in [4.69, 9.17) is 4.74 Å². The molecule has 4 rings (SSSR count). The summed E-state index contributed by atoms with van der Waals surface area (Å²) < 4.78 is 5.50. The van der Waals surface area contributed by atoms with Crippen molar-refractivity contribution in [2.24, 2.45) is 4.99 Å². The highest BCUT2D eigenvalue weighted by Crippen LogP contribution is 2.30. The summed E-state index contributed by atoms with van der Waals surface area (Å²) in [6, 6.07) is 15.6. The monoisotopic (exact) mass is 322 g/mol. The Morgan fingerprint density at radius 3 is 2.91 bits per heavy atom. The summed E-state index contributed by atoms with van der Waals surface area (Å²) in [5.74, 6) is 0.837. The predicted octanol–water partition coefficient (Wildman–Crippen LogP) is 3.51. The number of nitrogens with zero attached hydrogens (tertiary/aromatic N) is 1. The van der Waals surface area contributed by atoms with E-state index in [9.17, 15) is 4.79 Å². The smallest absolute Gasteiger partial charge is 0.264 e. The van der Waals surface area contributed by atoms with Gasteiger partial charge in [0.15, 0.2) is 5.17 Å². The van der Waals surface area contributed by atoms with Gasteiger partial charge in [0, 0.05) is 6.42 Å². The van der Waals surface area contributed by atoms with E-state index in [1.54, 1.807) is 0 Å². The van der Waals surface area contributed by atoms with Crippen molar-refractivity contribution in [2.75, 3.05) is 6.61 Å². The maximum Gasteiger partial charge on any atom is 0.264 e. The normalized spacial score (nSPS) is 19.7. The molecule has 0 aliphatic carbocycles. The number of para-hydroxylation sites is 1. The van der Waals surface area contributed by atoms with Gasteiger partial charge in [0.05, 0.1) is 17.2 Å². The van der Waals surface area contributed by atoms with Crippen molar-refractivity contribution in [2.45, 2.75) is 6.42 Å². The minimum absolute atomic E-state index is 0.110. The molecule has 1 saturated heterocycles. The van der Waals surface area contributed by atoms with Gasteiger partial charge in [-0.25, -0.2) is 4.99 Å². The highest BCUT2D eigenvalue weighted by atomic mass is 32.2. The van der Waals surface area contributed by atoms with Crippen molar-refractivity contribution in [3.63, 3.8) is 0 Å². The molecule has 23 heavy (non-hydrogen) atoms. The van der Waals surface area contributed by atoms with Crippen LogP contribution in [0.4, 0.5) is 5.69 Å². The summed E-state index contributed by atoms with van der Waals surface area (Å²) in [5, 5.41) is 3.41. The zero-order chi connectivity index (χ0) is 15.6. The molecule has 1 amide bonds. The zero-order valence-corrected chi connectivity index (χ0v) is 13.1. The van der Waals surface area contributed by atoms with E-state index in [-0.39, 0.29) is 5.91 Å². The van der Waals surface area contributed by atoms with Crippen LogP contribution in [0.25, 0.3) is 6.08 Å². The third-order valence-corrected chi connectivity index (χ3v) is 4.56. The van der Waals surface area contributed by atoms with Gasteiger partial charge in [0.1, 0.15) is 5.75 Å². The molecule has 2 aromatic rings. The number of amides is 1. The molecule has 2 heterocycles. The van der Waals surface area contributed by atoms with E-state index in [0.717, 1.165) is 30.0 Å². The highest BCUT2D eigenvalue weighted by Gasteiger charge is 2.24. The molecule has 0 aromatic heterocycles. The Morgan fingerprint density at radius 2 is 2.04 bits per heavy atom. The van der Waals surface area contributed by atoms with Crippen LogP contribution in [-0.2, 0) is 11.2 Å². The Hall–Kier alpha value is -2.53. The summed E-state index contributed by atoms with van der Waals surface area (Å²) in [7, 11) is 0. The first-order chi connectivity index (χ1) is 11.3. The summed E-state index contributed by atoms with van der Waals surface area (Å²) in [5.41, 5.74) is 3.03. The number of carbonyl (C=O) groups is 1. The number of thioether (sulfide) groups is 1. The van der Waals surface area contributed by atoms with Crippen LogP contribution in [0.2, 0.25) is 0 Å². The topological polar surface area (TPSA) is 50.7 Å². The fourth-order valence-electron chi connectivity index (χ4n) is 2.55. The van der Waals surface area contributed by atoms with Crippen LogP contribution in [0.5, 0.6) is 5.75 Å². The first-order valence-corrected chi connectivity index (χ1v) is 8.20. The summed E-state index contributed by atoms with van der Waals surface area (Å²) in [6.45, 7) is 0.735. The van der Waals surface area contributed by atoms with Crippen molar-refractivity contribution in [3.8, 4) is 5.75 Å². The number of carbonyl (C=O) groups excluding carboxylic acids is 1. The molecule has 0 spiro atoms. The Bertz CT molecular complexity index is 828. The molecule has 0 saturated carbocycles. The van der Waals surface area contributed by atoms with E-state index >= 15 is 0 Å². The summed E-state index contributed by atoms with van der Waals surface area (Å²) in [6.07, 6.45) is 2.82. The van der Waals surface area contributed by atoms with E-state index in [1.807, 2.05) is 48.5 Å². The number of rotatable bonds is 2. The molecule has 0 bridgehead atoms. The quantitative estimate of drug-likeness (QED) is 0.861. The molecular weight excluding hydrogens is 308 g/mol. The zero-order valence-electron chi connectivity index (χ0n) is 12.3. The van der Waals surface area contributed by atoms with E-state index in [1.165, 1.54) is 17.3 Å². The van der Waals surface area contributed by atoms with Gasteiger partial charge >= 0.3 is 0 Å². The fraction of sp³-hybridized carbons (Fsp3) is 0.111. The van der Waals surface area contributed by atoms with Crippen molar-refractivity contribution in [1.82, 2.24) is 5.32 Å². The van der Waals surface area contributed by atoms with Crippen LogP contribution in [0.15, 0.2) is 58.4 Å². The summed E-state index contributed by atoms with van der Waals surface area (Å²) >= 11 is 1.36. The third kappa shape index (κ3) is 3.00. The molecule has 114 valence electrons. The minimum atomic E-state index is -0.110. The average Bonchev–Trinajstić information content (AvgIpc) is 3.15. The first kappa shape index (κ1) is 14.1. The molecular formula is C18H14N2O2S. The first-order valence-electron chi connectivity index (χ1n) is 7.38. The molecule has 2 aliphatic heterocycles. The number of fused-ring (bicyclic) bond motifs is 1. The lowest BCUT2D eigenvalue weighted by Crippen LogP contribution is -2.19. The number of nitrogens with one attached hydrogen (secondary N) is 1. The van der Waals surface area contributed by atoms with Crippen LogP contribution >= 0.6 is 11.8 Å². The van der Waals surface area contributed by atoms with Crippen LogP contribution < -0.4 is 10.1 Å². The van der Waals surface area contributed by atoms with Gasteiger partial charge in [0.25, 0.3) is 5.91 Å². The van der Waals surface area contributed by atoms with Gasteiger partial charge in [-0.1, -0.05) is 24.3 Å². The molecule has 1 fully saturated rings. The molecule has 0 unspecified atom stereocenters. The van der Waals surface area contributed by atoms with E-state index in [2.05, 4.69) is 16.4 Å². The maximum absolute atomic E-state index is 12.1. The number of benzene rings is 2. The van der Waals surface area contributed by atoms with Crippen LogP contribution in [0.3, 0.4) is 0 Å². The SMILES string of the molecule is O=C1NC(=Nc2ccccc2)S/C1=C\c1ccc2c(c1)CCO2. The summed E-state index contributed by atoms with van der Waals surface area (Å²) in [4.78, 5) is 17.2. The van der Waals surface area contributed by atoms with Crippen molar-refractivity contribution in [3.05, 3.63) is 64.6 Å².